The van der Waals surface area contributed by atoms with Crippen LogP contribution in [-0.4, -0.2) is 29.7 Å². The second kappa shape index (κ2) is 5.70. The number of aromatic nitrogens is 2. The molecule has 0 fully saturated rings. The third-order valence-corrected chi connectivity index (χ3v) is 3.32. The molecule has 2 N–H and O–H groups in total. The third-order valence-electron chi connectivity index (χ3n) is 3.32. The molecule has 0 aliphatic carbocycles. The largest absolute Gasteiger partial charge is 0.497 e. The van der Waals surface area contributed by atoms with Crippen molar-refractivity contribution in [2.75, 3.05) is 13.7 Å². The van der Waals surface area contributed by atoms with Gasteiger partial charge in [0.15, 0.2) is 5.69 Å². The maximum absolute atomic E-state index is 11.7. The fourth-order valence-electron chi connectivity index (χ4n) is 2.23. The first-order valence-corrected chi connectivity index (χ1v) is 6.60. The van der Waals surface area contributed by atoms with E-state index in [1.54, 1.807) is 7.11 Å². The number of benzene rings is 1. The third kappa shape index (κ3) is 2.74. The lowest BCUT2D eigenvalue weighted by molar-refractivity contribution is 0.0945. The molecule has 21 heavy (non-hydrogen) atoms. The molecule has 1 amide bonds. The summed E-state index contributed by atoms with van der Waals surface area (Å²) in [4.78, 5) is 14.9. The number of ether oxygens (including phenoxy) is 1. The van der Waals surface area contributed by atoms with Gasteiger partial charge in [0, 0.05) is 35.8 Å². The lowest BCUT2D eigenvalue weighted by Crippen LogP contribution is -2.25. The number of carbonyl (C=O) groups excluding carboxylic acids is 1. The van der Waals surface area contributed by atoms with Crippen molar-refractivity contribution in [3.05, 3.63) is 48.0 Å². The van der Waals surface area contributed by atoms with Gasteiger partial charge in [0.25, 0.3) is 5.91 Å². The van der Waals surface area contributed by atoms with Gasteiger partial charge >= 0.3 is 0 Å². The van der Waals surface area contributed by atoms with Crippen molar-refractivity contribution in [1.82, 2.24) is 15.5 Å². The second-order valence-corrected chi connectivity index (χ2v) is 4.62. The average Bonchev–Trinajstić information content (AvgIpc) is 3.16. The van der Waals surface area contributed by atoms with Crippen molar-refractivity contribution < 1.29 is 14.1 Å². The van der Waals surface area contributed by atoms with Gasteiger partial charge in [0.1, 0.15) is 12.0 Å². The van der Waals surface area contributed by atoms with Crippen LogP contribution in [0, 0.1) is 0 Å². The first-order valence-electron chi connectivity index (χ1n) is 6.60. The van der Waals surface area contributed by atoms with Gasteiger partial charge in [-0.25, -0.2) is 0 Å². The summed E-state index contributed by atoms with van der Waals surface area (Å²) in [6.45, 7) is 0.532. The van der Waals surface area contributed by atoms with Crippen LogP contribution in [0.15, 0.2) is 41.2 Å². The predicted octanol–water partition coefficient (Wildman–Crippen LogP) is 2.14. The zero-order valence-corrected chi connectivity index (χ0v) is 11.6. The maximum Gasteiger partial charge on any atom is 0.273 e. The lowest BCUT2D eigenvalue weighted by Gasteiger charge is -2.03. The van der Waals surface area contributed by atoms with Crippen molar-refractivity contribution in [2.45, 2.75) is 6.42 Å². The lowest BCUT2D eigenvalue weighted by atomic mass is 10.1. The first-order chi connectivity index (χ1) is 10.3. The zero-order chi connectivity index (χ0) is 14.7. The summed E-state index contributed by atoms with van der Waals surface area (Å²) >= 11 is 0. The van der Waals surface area contributed by atoms with Crippen molar-refractivity contribution in [2.24, 2.45) is 0 Å². The predicted molar refractivity (Wildman–Crippen MR) is 77.4 cm³/mol. The molecule has 2 aromatic heterocycles. The number of nitrogens with one attached hydrogen (secondary N) is 2. The molecular weight excluding hydrogens is 270 g/mol. The molecular formula is C15H15N3O3. The molecule has 0 radical (unpaired) electrons. The Bertz CT molecular complexity index is 747. The molecule has 0 aliphatic heterocycles. The smallest absolute Gasteiger partial charge is 0.273 e. The summed E-state index contributed by atoms with van der Waals surface area (Å²) in [5.74, 6) is 0.584. The van der Waals surface area contributed by atoms with Crippen LogP contribution < -0.4 is 10.1 Å². The van der Waals surface area contributed by atoms with Gasteiger partial charge in [0.2, 0.25) is 0 Å². The normalized spacial score (nSPS) is 10.7. The van der Waals surface area contributed by atoms with E-state index in [9.17, 15) is 4.79 Å². The van der Waals surface area contributed by atoms with Gasteiger partial charge in [-0.05, 0) is 24.1 Å². The Morgan fingerprint density at radius 3 is 3.10 bits per heavy atom. The van der Waals surface area contributed by atoms with E-state index in [1.807, 2.05) is 24.4 Å². The molecule has 108 valence electrons. The molecule has 0 spiro atoms. The molecule has 0 atom stereocenters. The Labute approximate surface area is 121 Å². The van der Waals surface area contributed by atoms with E-state index < -0.39 is 0 Å². The van der Waals surface area contributed by atoms with E-state index >= 15 is 0 Å². The number of methoxy groups -OCH3 is 1. The van der Waals surface area contributed by atoms with Crippen LogP contribution in [0.25, 0.3) is 10.9 Å². The highest BCUT2D eigenvalue weighted by molar-refractivity contribution is 5.92. The van der Waals surface area contributed by atoms with Crippen LogP contribution in [0.2, 0.25) is 0 Å². The molecule has 6 nitrogen and oxygen atoms in total. The molecule has 0 saturated carbocycles. The summed E-state index contributed by atoms with van der Waals surface area (Å²) in [5, 5.41) is 7.54. The van der Waals surface area contributed by atoms with Gasteiger partial charge in [-0.3, -0.25) is 4.79 Å². The first kappa shape index (κ1) is 13.2. The Morgan fingerprint density at radius 1 is 1.43 bits per heavy atom. The van der Waals surface area contributed by atoms with Crippen molar-refractivity contribution in [3.8, 4) is 5.75 Å². The van der Waals surface area contributed by atoms with Crippen molar-refractivity contribution in [1.29, 1.82) is 0 Å². The Hall–Kier alpha value is -2.76. The van der Waals surface area contributed by atoms with Gasteiger partial charge in [-0.2, -0.15) is 0 Å². The molecule has 1 aromatic carbocycles. The number of amides is 1. The molecule has 0 unspecified atom stereocenters. The van der Waals surface area contributed by atoms with Crippen LogP contribution in [0.5, 0.6) is 5.75 Å². The standard InChI is InChI=1S/C15H15N3O3/c1-20-11-2-3-12-10(9-17-14(12)8-11)4-6-16-15(19)13-5-7-21-18-13/h2-3,5,7-9,17H,4,6H2,1H3,(H,16,19). The van der Waals surface area contributed by atoms with E-state index in [2.05, 4.69) is 20.0 Å². The minimum absolute atomic E-state index is 0.231. The highest BCUT2D eigenvalue weighted by Gasteiger charge is 2.09. The number of fused-ring (bicyclic) bond motifs is 1. The monoisotopic (exact) mass is 285 g/mol. The summed E-state index contributed by atoms with van der Waals surface area (Å²) < 4.78 is 9.83. The fraction of sp³-hybridized carbons (Fsp3) is 0.200. The van der Waals surface area contributed by atoms with E-state index in [-0.39, 0.29) is 5.91 Å². The molecule has 0 saturated heterocycles. The number of aromatic amines is 1. The SMILES string of the molecule is COc1ccc2c(CCNC(=O)c3ccon3)c[nH]c2c1. The molecule has 0 aliphatic rings. The van der Waals surface area contributed by atoms with E-state index in [0.717, 1.165) is 28.6 Å². The minimum Gasteiger partial charge on any atom is -0.497 e. The molecule has 0 bridgehead atoms. The minimum atomic E-state index is -0.231. The Kier molecular flexibility index (Phi) is 3.59. The molecule has 3 rings (SSSR count). The Balaban J connectivity index is 1.64. The maximum atomic E-state index is 11.7. The quantitative estimate of drug-likeness (QED) is 0.752. The number of hydrogen-bond donors (Lipinski definition) is 2. The van der Waals surface area contributed by atoms with Crippen LogP contribution in [0.3, 0.4) is 0 Å². The summed E-state index contributed by atoms with van der Waals surface area (Å²) in [7, 11) is 1.64. The van der Waals surface area contributed by atoms with E-state index in [4.69, 9.17) is 4.74 Å². The molecule has 2 heterocycles. The van der Waals surface area contributed by atoms with Gasteiger partial charge < -0.3 is 19.6 Å². The molecule has 6 heteroatoms. The number of carbonyl (C=O) groups is 1. The zero-order valence-electron chi connectivity index (χ0n) is 11.6. The van der Waals surface area contributed by atoms with Crippen molar-refractivity contribution in [3.63, 3.8) is 0 Å². The van der Waals surface area contributed by atoms with Crippen LogP contribution >= 0.6 is 0 Å². The number of hydrogen-bond acceptors (Lipinski definition) is 4. The number of H-pyrrole nitrogens is 1. The van der Waals surface area contributed by atoms with Gasteiger partial charge in [-0.1, -0.05) is 5.16 Å². The van der Waals surface area contributed by atoms with Crippen LogP contribution in [0.1, 0.15) is 16.1 Å². The van der Waals surface area contributed by atoms with E-state index in [1.165, 1.54) is 12.3 Å². The topological polar surface area (TPSA) is 80.2 Å². The second-order valence-electron chi connectivity index (χ2n) is 4.62. The summed E-state index contributed by atoms with van der Waals surface area (Å²) in [6, 6.07) is 7.42. The van der Waals surface area contributed by atoms with Gasteiger partial charge in [0.05, 0.1) is 7.11 Å². The molecule has 3 aromatic rings. The highest BCUT2D eigenvalue weighted by atomic mass is 16.5. The number of nitrogens with zero attached hydrogens (tertiary/aromatic N) is 1. The fourth-order valence-corrected chi connectivity index (χ4v) is 2.23. The van der Waals surface area contributed by atoms with Gasteiger partial charge in [-0.15, -0.1) is 0 Å². The van der Waals surface area contributed by atoms with Crippen LogP contribution in [0.4, 0.5) is 0 Å². The average molecular weight is 285 g/mol. The van der Waals surface area contributed by atoms with Crippen molar-refractivity contribution >= 4 is 16.8 Å². The Morgan fingerprint density at radius 2 is 2.33 bits per heavy atom. The summed E-state index contributed by atoms with van der Waals surface area (Å²) in [6.07, 6.45) is 4.06. The van der Waals surface area contributed by atoms with E-state index in [0.29, 0.717) is 12.2 Å². The highest BCUT2D eigenvalue weighted by Crippen LogP contribution is 2.23. The summed E-state index contributed by atoms with van der Waals surface area (Å²) in [5.41, 5.74) is 2.46. The van der Waals surface area contributed by atoms with Crippen LogP contribution in [-0.2, 0) is 6.42 Å². The number of rotatable bonds is 5.